The van der Waals surface area contributed by atoms with E-state index in [9.17, 15) is 19.7 Å². The highest BCUT2D eigenvalue weighted by atomic mass is 35.5. The first-order valence-electron chi connectivity index (χ1n) is 9.53. The molecule has 158 valence electrons. The number of carbonyl (C=O) groups is 2. The van der Waals surface area contributed by atoms with Crippen LogP contribution in [0.1, 0.15) is 28.8 Å². The second-order valence-electron chi connectivity index (χ2n) is 7.17. The topological polar surface area (TPSA) is 111 Å². The van der Waals surface area contributed by atoms with Crippen LogP contribution in [0.25, 0.3) is 0 Å². The summed E-state index contributed by atoms with van der Waals surface area (Å²) >= 11 is 6.00. The normalized spacial score (nSPS) is 15.2. The van der Waals surface area contributed by atoms with Crippen molar-refractivity contribution in [1.82, 2.24) is 10.6 Å². The Hall–Kier alpha value is -2.97. The summed E-state index contributed by atoms with van der Waals surface area (Å²) in [5.41, 5.74) is 0.759. The number of hydrogen-bond donors (Lipinski definition) is 2. The van der Waals surface area contributed by atoms with Crippen LogP contribution in [-0.2, 0) is 14.9 Å². The average molecular weight is 432 g/mol. The van der Waals surface area contributed by atoms with E-state index in [-0.39, 0.29) is 29.1 Å². The molecular weight excluding hydrogens is 410 g/mol. The number of rotatable bonds is 7. The van der Waals surface area contributed by atoms with E-state index in [4.69, 9.17) is 16.3 Å². The zero-order chi connectivity index (χ0) is 21.6. The second kappa shape index (κ2) is 9.69. The second-order valence-corrected chi connectivity index (χ2v) is 7.60. The van der Waals surface area contributed by atoms with Crippen molar-refractivity contribution in [2.45, 2.75) is 18.3 Å². The van der Waals surface area contributed by atoms with Crippen molar-refractivity contribution in [2.24, 2.45) is 0 Å². The number of benzene rings is 2. The van der Waals surface area contributed by atoms with Gasteiger partial charge in [-0.05, 0) is 36.6 Å². The number of non-ortho nitro benzene ring substituents is 1. The minimum Gasteiger partial charge on any atom is -0.381 e. The molecule has 0 aliphatic carbocycles. The molecule has 1 aliphatic rings. The number of nitrogens with one attached hydrogen (secondary N) is 2. The van der Waals surface area contributed by atoms with Gasteiger partial charge < -0.3 is 15.4 Å². The zero-order valence-electron chi connectivity index (χ0n) is 16.2. The molecule has 0 spiro atoms. The van der Waals surface area contributed by atoms with Crippen molar-refractivity contribution >= 4 is 29.1 Å². The molecule has 1 fully saturated rings. The average Bonchev–Trinajstić information content (AvgIpc) is 2.77. The van der Waals surface area contributed by atoms with Crippen LogP contribution in [0.4, 0.5) is 5.69 Å². The molecule has 9 heteroatoms. The van der Waals surface area contributed by atoms with Crippen LogP contribution >= 0.6 is 11.6 Å². The maximum absolute atomic E-state index is 12.3. The van der Waals surface area contributed by atoms with Crippen LogP contribution in [0.5, 0.6) is 0 Å². The number of nitro groups is 1. The summed E-state index contributed by atoms with van der Waals surface area (Å²) in [7, 11) is 0. The van der Waals surface area contributed by atoms with E-state index in [0.717, 1.165) is 18.4 Å². The van der Waals surface area contributed by atoms with Gasteiger partial charge in [0, 0.05) is 47.9 Å². The fourth-order valence-corrected chi connectivity index (χ4v) is 3.61. The minimum absolute atomic E-state index is 0.124. The van der Waals surface area contributed by atoms with E-state index in [1.807, 2.05) is 24.3 Å². The summed E-state index contributed by atoms with van der Waals surface area (Å²) in [6.07, 6.45) is 1.52. The van der Waals surface area contributed by atoms with Gasteiger partial charge in [0.2, 0.25) is 5.91 Å². The maximum atomic E-state index is 12.3. The molecule has 0 saturated carbocycles. The van der Waals surface area contributed by atoms with Gasteiger partial charge in [0.25, 0.3) is 11.6 Å². The highest BCUT2D eigenvalue weighted by Crippen LogP contribution is 2.34. The monoisotopic (exact) mass is 431 g/mol. The van der Waals surface area contributed by atoms with Crippen LogP contribution in [0, 0.1) is 10.1 Å². The van der Waals surface area contributed by atoms with Gasteiger partial charge in [-0.25, -0.2) is 0 Å². The van der Waals surface area contributed by atoms with Crippen LogP contribution in [0.2, 0.25) is 5.02 Å². The van der Waals surface area contributed by atoms with Gasteiger partial charge in [-0.1, -0.05) is 29.8 Å². The summed E-state index contributed by atoms with van der Waals surface area (Å²) in [5, 5.41) is 16.9. The number of hydrogen-bond acceptors (Lipinski definition) is 5. The van der Waals surface area contributed by atoms with Gasteiger partial charge in [0.15, 0.2) is 0 Å². The summed E-state index contributed by atoms with van der Waals surface area (Å²) in [5.74, 6) is -0.888. The van der Waals surface area contributed by atoms with Gasteiger partial charge in [-0.15, -0.1) is 0 Å². The van der Waals surface area contributed by atoms with Gasteiger partial charge in [0.1, 0.15) is 0 Å². The molecule has 1 heterocycles. The van der Waals surface area contributed by atoms with Crippen molar-refractivity contribution in [3.05, 3.63) is 74.8 Å². The lowest BCUT2D eigenvalue weighted by Gasteiger charge is -2.38. The summed E-state index contributed by atoms with van der Waals surface area (Å²) in [6.45, 7) is 1.38. The van der Waals surface area contributed by atoms with Crippen molar-refractivity contribution in [3.63, 3.8) is 0 Å². The Morgan fingerprint density at radius 3 is 2.47 bits per heavy atom. The van der Waals surface area contributed by atoms with Crippen LogP contribution in [0.3, 0.4) is 0 Å². The molecule has 2 aromatic rings. The molecule has 30 heavy (non-hydrogen) atoms. The lowest BCUT2D eigenvalue weighted by molar-refractivity contribution is -0.384. The predicted octanol–water partition coefficient (Wildman–Crippen LogP) is 2.84. The third-order valence-corrected chi connectivity index (χ3v) is 5.51. The first-order chi connectivity index (χ1) is 14.4. The summed E-state index contributed by atoms with van der Waals surface area (Å²) < 4.78 is 5.49. The number of nitrogens with zero attached hydrogens (tertiary/aromatic N) is 1. The Morgan fingerprint density at radius 1 is 1.10 bits per heavy atom. The number of carbonyl (C=O) groups excluding carboxylic acids is 2. The molecule has 0 aromatic heterocycles. The smallest absolute Gasteiger partial charge is 0.270 e. The van der Waals surface area contributed by atoms with Crippen LogP contribution < -0.4 is 10.6 Å². The van der Waals surface area contributed by atoms with Crippen molar-refractivity contribution in [1.29, 1.82) is 0 Å². The van der Waals surface area contributed by atoms with Crippen molar-refractivity contribution < 1.29 is 19.2 Å². The Morgan fingerprint density at radius 2 is 1.80 bits per heavy atom. The number of halogens is 1. The largest absolute Gasteiger partial charge is 0.381 e. The van der Waals surface area contributed by atoms with Gasteiger partial charge >= 0.3 is 0 Å². The van der Waals surface area contributed by atoms with Crippen molar-refractivity contribution in [3.8, 4) is 0 Å². The summed E-state index contributed by atoms with van der Waals surface area (Å²) in [4.78, 5) is 34.8. The molecule has 0 bridgehead atoms. The number of ether oxygens (including phenoxy) is 1. The Kier molecular flexibility index (Phi) is 7.02. The molecule has 0 atom stereocenters. The first kappa shape index (κ1) is 21.7. The van der Waals surface area contributed by atoms with Gasteiger partial charge in [0.05, 0.1) is 11.5 Å². The van der Waals surface area contributed by atoms with Gasteiger partial charge in [-0.3, -0.25) is 19.7 Å². The number of amides is 2. The van der Waals surface area contributed by atoms with E-state index in [1.165, 1.54) is 24.3 Å². The zero-order valence-corrected chi connectivity index (χ0v) is 17.0. The standard InChI is InChI=1S/C21H22ClN3O5/c22-17-6-4-16(5-7-17)21(8-10-30-11-9-21)14-24-19(26)13-23-20(27)15-2-1-3-18(12-15)25(28)29/h1-7,12H,8-11,13-14H2,(H,23,27)(H,24,26). The first-order valence-corrected chi connectivity index (χ1v) is 9.91. The van der Waals surface area contributed by atoms with Crippen LogP contribution in [0.15, 0.2) is 48.5 Å². The molecule has 2 aromatic carbocycles. The lowest BCUT2D eigenvalue weighted by Crippen LogP contribution is -2.47. The third-order valence-electron chi connectivity index (χ3n) is 5.26. The quantitative estimate of drug-likeness (QED) is 0.517. The Labute approximate surface area is 178 Å². The fourth-order valence-electron chi connectivity index (χ4n) is 3.49. The van der Waals surface area contributed by atoms with Gasteiger partial charge in [-0.2, -0.15) is 0 Å². The molecule has 2 amide bonds. The maximum Gasteiger partial charge on any atom is 0.270 e. The van der Waals surface area contributed by atoms with E-state index < -0.39 is 10.8 Å². The molecule has 0 unspecified atom stereocenters. The number of nitro benzene ring substituents is 1. The van der Waals surface area contributed by atoms with E-state index in [1.54, 1.807) is 0 Å². The van der Waals surface area contributed by atoms with Crippen LogP contribution in [-0.4, -0.2) is 43.0 Å². The van der Waals surface area contributed by atoms with E-state index >= 15 is 0 Å². The third kappa shape index (κ3) is 5.34. The molecule has 0 radical (unpaired) electrons. The molecule has 3 rings (SSSR count). The highest BCUT2D eigenvalue weighted by Gasteiger charge is 2.34. The van der Waals surface area contributed by atoms with E-state index in [0.29, 0.717) is 24.8 Å². The molecule has 1 aliphatic heterocycles. The Bertz CT molecular complexity index is 926. The molecular formula is C21H22ClN3O5. The lowest BCUT2D eigenvalue weighted by atomic mass is 9.74. The fraction of sp³-hybridized carbons (Fsp3) is 0.333. The van der Waals surface area contributed by atoms with Crippen molar-refractivity contribution in [2.75, 3.05) is 26.3 Å². The molecule has 1 saturated heterocycles. The predicted molar refractivity (Wildman–Crippen MR) is 112 cm³/mol. The minimum atomic E-state index is -0.576. The summed E-state index contributed by atoms with van der Waals surface area (Å²) in [6, 6.07) is 12.9. The highest BCUT2D eigenvalue weighted by molar-refractivity contribution is 6.30. The molecule has 2 N–H and O–H groups in total. The molecule has 8 nitrogen and oxygen atoms in total. The van der Waals surface area contributed by atoms with E-state index in [2.05, 4.69) is 10.6 Å². The SMILES string of the molecule is O=C(CNC(=O)c1cccc([N+](=O)[O-])c1)NCC1(c2ccc(Cl)cc2)CCOCC1. The Balaban J connectivity index is 1.58.